The summed E-state index contributed by atoms with van der Waals surface area (Å²) in [4.78, 5) is 14.6. The van der Waals surface area contributed by atoms with E-state index < -0.39 is 0 Å². The van der Waals surface area contributed by atoms with E-state index in [1.54, 1.807) is 0 Å². The van der Waals surface area contributed by atoms with Crippen LogP contribution in [0.25, 0.3) is 0 Å². The Hall–Kier alpha value is -1.85. The number of rotatable bonds is 6. The van der Waals surface area contributed by atoms with Crippen molar-refractivity contribution in [1.82, 2.24) is 10.2 Å². The van der Waals surface area contributed by atoms with Gasteiger partial charge in [0, 0.05) is 30.1 Å². The smallest absolute Gasteiger partial charge is 0.258 e. The molecule has 1 N–H and O–H groups in total. The lowest BCUT2D eigenvalue weighted by Crippen LogP contribution is -2.45. The maximum Gasteiger partial charge on any atom is 0.258 e. The van der Waals surface area contributed by atoms with Crippen LogP contribution in [0.3, 0.4) is 0 Å². The first kappa shape index (κ1) is 18.9. The quantitative estimate of drug-likeness (QED) is 0.775. The molecule has 0 spiro atoms. The van der Waals surface area contributed by atoms with Gasteiger partial charge in [-0.15, -0.1) is 0 Å². The monoisotopic (exact) mass is 416 g/mol. The van der Waals surface area contributed by atoms with Gasteiger partial charge in [-0.25, -0.2) is 0 Å². The molecular weight excluding hydrogens is 392 g/mol. The molecule has 0 aliphatic carbocycles. The van der Waals surface area contributed by atoms with Gasteiger partial charge in [0.1, 0.15) is 5.75 Å². The number of amides is 1. The van der Waals surface area contributed by atoms with Crippen molar-refractivity contribution in [3.63, 3.8) is 0 Å². The van der Waals surface area contributed by atoms with Gasteiger partial charge in [0.05, 0.1) is 0 Å². The zero-order chi connectivity index (χ0) is 18.4. The number of carbonyl (C=O) groups is 1. The number of benzene rings is 2. The number of nitrogens with zero attached hydrogens (tertiary/aromatic N) is 1. The standard InChI is InChI=1S/C21H25BrN2O2/c1-16-3-2-4-17(13-16)14-24-11-9-19(10-12-24)23-21(25)15-26-20-7-5-18(22)6-8-20/h2-8,13,19H,9-12,14-15H2,1H3,(H,23,25). The summed E-state index contributed by atoms with van der Waals surface area (Å²) in [5, 5.41) is 3.09. The summed E-state index contributed by atoms with van der Waals surface area (Å²) in [5.74, 6) is 0.654. The van der Waals surface area contributed by atoms with Gasteiger partial charge in [0.15, 0.2) is 6.61 Å². The van der Waals surface area contributed by atoms with E-state index in [0.717, 1.165) is 36.9 Å². The Morgan fingerprint density at radius 2 is 1.92 bits per heavy atom. The fourth-order valence-electron chi connectivity index (χ4n) is 3.25. The van der Waals surface area contributed by atoms with Gasteiger partial charge in [-0.3, -0.25) is 9.69 Å². The van der Waals surface area contributed by atoms with E-state index in [1.807, 2.05) is 24.3 Å². The number of halogens is 1. The van der Waals surface area contributed by atoms with Crippen molar-refractivity contribution < 1.29 is 9.53 Å². The number of hydrogen-bond donors (Lipinski definition) is 1. The second kappa shape index (κ2) is 9.19. The van der Waals surface area contributed by atoms with Gasteiger partial charge < -0.3 is 10.1 Å². The third-order valence-electron chi connectivity index (χ3n) is 4.62. The highest BCUT2D eigenvalue weighted by atomic mass is 79.9. The fourth-order valence-corrected chi connectivity index (χ4v) is 3.52. The molecule has 0 unspecified atom stereocenters. The van der Waals surface area contributed by atoms with Gasteiger partial charge >= 0.3 is 0 Å². The molecule has 1 heterocycles. The Balaban J connectivity index is 1.38. The van der Waals surface area contributed by atoms with Crippen LogP contribution in [-0.2, 0) is 11.3 Å². The van der Waals surface area contributed by atoms with E-state index in [9.17, 15) is 4.79 Å². The summed E-state index contributed by atoms with van der Waals surface area (Å²) in [7, 11) is 0. The highest BCUT2D eigenvalue weighted by molar-refractivity contribution is 9.10. The first-order chi connectivity index (χ1) is 12.6. The van der Waals surface area contributed by atoms with Crippen LogP contribution in [0.4, 0.5) is 0 Å². The molecule has 5 heteroatoms. The van der Waals surface area contributed by atoms with Crippen LogP contribution in [0.15, 0.2) is 53.0 Å². The van der Waals surface area contributed by atoms with Crippen LogP contribution in [-0.4, -0.2) is 36.5 Å². The van der Waals surface area contributed by atoms with E-state index in [4.69, 9.17) is 4.74 Å². The van der Waals surface area contributed by atoms with Crippen molar-refractivity contribution in [2.45, 2.75) is 32.4 Å². The zero-order valence-electron chi connectivity index (χ0n) is 15.1. The lowest BCUT2D eigenvalue weighted by atomic mass is 10.0. The third-order valence-corrected chi connectivity index (χ3v) is 5.15. The second-order valence-electron chi connectivity index (χ2n) is 6.85. The molecule has 2 aromatic rings. The number of hydrogen-bond acceptors (Lipinski definition) is 3. The van der Waals surface area contributed by atoms with Crippen LogP contribution in [0.5, 0.6) is 5.75 Å². The molecule has 2 aromatic carbocycles. The average molecular weight is 417 g/mol. The molecule has 0 bridgehead atoms. The summed E-state index contributed by atoms with van der Waals surface area (Å²) in [5.41, 5.74) is 2.66. The molecule has 4 nitrogen and oxygen atoms in total. The fraction of sp³-hybridized carbons (Fsp3) is 0.381. The summed E-state index contributed by atoms with van der Waals surface area (Å²) < 4.78 is 6.52. The molecule has 138 valence electrons. The van der Waals surface area contributed by atoms with Crippen molar-refractivity contribution in [2.24, 2.45) is 0 Å². The minimum absolute atomic E-state index is 0.0509. The van der Waals surface area contributed by atoms with Crippen LogP contribution in [0.1, 0.15) is 24.0 Å². The number of aryl methyl sites for hydroxylation is 1. The Labute approximate surface area is 163 Å². The van der Waals surface area contributed by atoms with Crippen LogP contribution in [0, 0.1) is 6.92 Å². The van der Waals surface area contributed by atoms with Crippen LogP contribution in [0.2, 0.25) is 0 Å². The third kappa shape index (κ3) is 5.85. The Morgan fingerprint density at radius 1 is 1.19 bits per heavy atom. The van der Waals surface area contributed by atoms with Crippen molar-refractivity contribution in [2.75, 3.05) is 19.7 Å². The van der Waals surface area contributed by atoms with Crippen LogP contribution < -0.4 is 10.1 Å². The van der Waals surface area contributed by atoms with Crippen molar-refractivity contribution in [3.05, 3.63) is 64.1 Å². The minimum atomic E-state index is -0.0509. The molecule has 0 saturated carbocycles. The van der Waals surface area contributed by atoms with Crippen LogP contribution >= 0.6 is 15.9 Å². The molecule has 0 aromatic heterocycles. The van der Waals surface area contributed by atoms with Gasteiger partial charge in [-0.05, 0) is 49.6 Å². The van der Waals surface area contributed by atoms with E-state index in [2.05, 4.69) is 57.3 Å². The number of likely N-dealkylation sites (tertiary alicyclic amines) is 1. The largest absolute Gasteiger partial charge is 0.484 e. The second-order valence-corrected chi connectivity index (χ2v) is 7.77. The van der Waals surface area contributed by atoms with Gasteiger partial charge in [-0.1, -0.05) is 45.8 Å². The average Bonchev–Trinajstić information content (AvgIpc) is 2.63. The zero-order valence-corrected chi connectivity index (χ0v) is 16.7. The SMILES string of the molecule is Cc1cccc(CN2CCC(NC(=O)COc3ccc(Br)cc3)CC2)c1. The van der Waals surface area contributed by atoms with E-state index in [0.29, 0.717) is 5.75 Å². The summed E-state index contributed by atoms with van der Waals surface area (Å²) in [6.07, 6.45) is 1.96. The number of ether oxygens (including phenoxy) is 1. The maximum absolute atomic E-state index is 12.1. The van der Waals surface area contributed by atoms with E-state index >= 15 is 0 Å². The predicted octanol–water partition coefficient (Wildman–Crippen LogP) is 3.92. The van der Waals surface area contributed by atoms with Crippen molar-refractivity contribution >= 4 is 21.8 Å². The minimum Gasteiger partial charge on any atom is -0.484 e. The highest BCUT2D eigenvalue weighted by Crippen LogP contribution is 2.17. The van der Waals surface area contributed by atoms with Crippen molar-refractivity contribution in [3.8, 4) is 5.75 Å². The Bertz CT molecular complexity index is 725. The highest BCUT2D eigenvalue weighted by Gasteiger charge is 2.20. The molecule has 1 fully saturated rings. The number of nitrogens with one attached hydrogen (secondary N) is 1. The lowest BCUT2D eigenvalue weighted by molar-refractivity contribution is -0.124. The maximum atomic E-state index is 12.1. The molecule has 1 aliphatic heterocycles. The molecule has 1 saturated heterocycles. The first-order valence-corrected chi connectivity index (χ1v) is 9.83. The van der Waals surface area contributed by atoms with Gasteiger partial charge in [-0.2, -0.15) is 0 Å². The first-order valence-electron chi connectivity index (χ1n) is 9.04. The lowest BCUT2D eigenvalue weighted by Gasteiger charge is -2.32. The molecule has 0 atom stereocenters. The number of carbonyl (C=O) groups excluding carboxylic acids is 1. The van der Waals surface area contributed by atoms with E-state index in [-0.39, 0.29) is 18.6 Å². The molecule has 3 rings (SSSR count). The molecule has 1 amide bonds. The Morgan fingerprint density at radius 3 is 2.62 bits per heavy atom. The summed E-state index contributed by atoms with van der Waals surface area (Å²) >= 11 is 3.38. The number of piperidine rings is 1. The van der Waals surface area contributed by atoms with Gasteiger partial charge in [0.2, 0.25) is 0 Å². The topological polar surface area (TPSA) is 41.6 Å². The summed E-state index contributed by atoms with van der Waals surface area (Å²) in [6.45, 7) is 5.18. The molecule has 26 heavy (non-hydrogen) atoms. The van der Waals surface area contributed by atoms with Gasteiger partial charge in [0.25, 0.3) is 5.91 Å². The normalized spacial score (nSPS) is 15.6. The predicted molar refractivity (Wildman–Crippen MR) is 107 cm³/mol. The van der Waals surface area contributed by atoms with Crippen molar-refractivity contribution in [1.29, 1.82) is 0 Å². The molecule has 0 radical (unpaired) electrons. The molecule has 1 aliphatic rings. The van der Waals surface area contributed by atoms with E-state index in [1.165, 1.54) is 11.1 Å². The summed E-state index contributed by atoms with van der Waals surface area (Å²) in [6, 6.07) is 16.4. The molecular formula is C21H25BrN2O2. The Kier molecular flexibility index (Phi) is 6.69.